The predicted octanol–water partition coefficient (Wildman–Crippen LogP) is 7.18. The summed E-state index contributed by atoms with van der Waals surface area (Å²) in [5.41, 5.74) is 5.09. The molecular weight excluding hydrogens is 589 g/mol. The lowest BCUT2D eigenvalue weighted by Gasteiger charge is -2.14. The van der Waals surface area contributed by atoms with Crippen LogP contribution in [0.5, 0.6) is 5.75 Å². The van der Waals surface area contributed by atoms with Gasteiger partial charge >= 0.3 is 12.4 Å². The molecule has 0 saturated heterocycles. The Balaban J connectivity index is 1.11. The van der Waals surface area contributed by atoms with Gasteiger partial charge in [-0.15, -0.1) is 18.3 Å². The molecule has 1 heterocycles. The summed E-state index contributed by atoms with van der Waals surface area (Å²) < 4.78 is 45.9. The van der Waals surface area contributed by atoms with Crippen LogP contribution in [0, 0.1) is 6.92 Å². The number of aromatic nitrogens is 3. The van der Waals surface area contributed by atoms with Gasteiger partial charge in [-0.2, -0.15) is 0 Å². The minimum absolute atomic E-state index is 0.169. The molecule has 0 aliphatic rings. The van der Waals surface area contributed by atoms with Gasteiger partial charge in [0.2, 0.25) is 0 Å². The number of aryl methyl sites for hydroxylation is 2. The molecular formula is C32H37F3N6O2S. The molecule has 4 aromatic rings. The van der Waals surface area contributed by atoms with Crippen LogP contribution >= 0.6 is 11.9 Å². The molecule has 0 aliphatic heterocycles. The number of unbranched alkanes of at least 4 members (excludes halogenated alkanes) is 1. The first-order valence-corrected chi connectivity index (χ1v) is 15.3. The Labute approximate surface area is 259 Å². The van der Waals surface area contributed by atoms with E-state index in [-0.39, 0.29) is 11.8 Å². The van der Waals surface area contributed by atoms with E-state index in [1.165, 1.54) is 51.3 Å². The highest BCUT2D eigenvalue weighted by atomic mass is 32.2. The largest absolute Gasteiger partial charge is 0.573 e. The molecule has 0 aliphatic carbocycles. The summed E-state index contributed by atoms with van der Waals surface area (Å²) in [6.45, 7) is 8.24. The van der Waals surface area contributed by atoms with Crippen molar-refractivity contribution in [1.82, 2.24) is 30.1 Å². The smallest absolute Gasteiger partial charge is 0.406 e. The Bertz CT molecular complexity index is 1490. The Morgan fingerprint density at radius 3 is 2.39 bits per heavy atom. The Morgan fingerprint density at radius 2 is 1.68 bits per heavy atom. The average Bonchev–Trinajstić information content (AvgIpc) is 3.47. The lowest BCUT2D eigenvalue weighted by atomic mass is 10.0. The van der Waals surface area contributed by atoms with Crippen molar-refractivity contribution in [3.05, 3.63) is 89.7 Å². The van der Waals surface area contributed by atoms with Gasteiger partial charge < -0.3 is 15.4 Å². The number of rotatable bonds is 14. The molecule has 44 heavy (non-hydrogen) atoms. The van der Waals surface area contributed by atoms with Crippen molar-refractivity contribution in [2.45, 2.75) is 57.2 Å². The maximum Gasteiger partial charge on any atom is 0.573 e. The molecule has 1 aromatic heterocycles. The van der Waals surface area contributed by atoms with E-state index in [0.717, 1.165) is 30.4 Å². The normalized spacial score (nSPS) is 11.5. The van der Waals surface area contributed by atoms with Crippen molar-refractivity contribution in [3.63, 3.8) is 0 Å². The third kappa shape index (κ3) is 10.3. The van der Waals surface area contributed by atoms with Crippen molar-refractivity contribution in [3.8, 4) is 22.8 Å². The van der Waals surface area contributed by atoms with E-state index in [1.807, 2.05) is 24.3 Å². The second-order valence-corrected chi connectivity index (χ2v) is 11.5. The van der Waals surface area contributed by atoms with Gasteiger partial charge in [0.05, 0.1) is 5.69 Å². The lowest BCUT2D eigenvalue weighted by molar-refractivity contribution is -0.274. The zero-order chi connectivity index (χ0) is 31.5. The summed E-state index contributed by atoms with van der Waals surface area (Å²) >= 11 is 1.60. The Morgan fingerprint density at radius 1 is 0.955 bits per heavy atom. The summed E-state index contributed by atoms with van der Waals surface area (Å²) in [5, 5.41) is 10.2. The zero-order valence-corrected chi connectivity index (χ0v) is 25.8. The molecule has 0 atom stereocenters. The van der Waals surface area contributed by atoms with Gasteiger partial charge in [-0.25, -0.2) is 14.5 Å². The van der Waals surface area contributed by atoms with Crippen molar-refractivity contribution >= 4 is 18.0 Å². The van der Waals surface area contributed by atoms with Crippen molar-refractivity contribution < 1.29 is 22.7 Å². The number of halogens is 3. The van der Waals surface area contributed by atoms with Crippen molar-refractivity contribution in [2.24, 2.45) is 0 Å². The van der Waals surface area contributed by atoms with Crippen LogP contribution in [0.2, 0.25) is 0 Å². The molecule has 0 bridgehead atoms. The molecule has 2 amide bonds. The van der Waals surface area contributed by atoms with E-state index < -0.39 is 6.36 Å². The number of nitrogens with zero attached hydrogens (tertiary/aromatic N) is 3. The van der Waals surface area contributed by atoms with Crippen LogP contribution in [0.4, 0.5) is 18.0 Å². The third-order valence-electron chi connectivity index (χ3n) is 6.70. The minimum Gasteiger partial charge on any atom is -0.406 e. The van der Waals surface area contributed by atoms with E-state index >= 15 is 0 Å². The molecule has 0 radical (unpaired) electrons. The second-order valence-electron chi connectivity index (χ2n) is 10.6. The molecule has 3 aromatic carbocycles. The van der Waals surface area contributed by atoms with Gasteiger partial charge in [0.25, 0.3) is 0 Å². The van der Waals surface area contributed by atoms with Crippen LogP contribution in [-0.2, 0) is 6.42 Å². The van der Waals surface area contributed by atoms with Crippen molar-refractivity contribution in [1.29, 1.82) is 0 Å². The number of carbonyl (C=O) groups excluding carboxylic acids is 1. The molecule has 8 nitrogen and oxygen atoms in total. The molecule has 0 spiro atoms. The summed E-state index contributed by atoms with van der Waals surface area (Å²) in [4.78, 5) is 17.7. The maximum atomic E-state index is 12.4. The molecule has 234 valence electrons. The SMILES string of the molecule is Cc1ccc(C(C)C)c(SNCCNC(=O)NCCCCc2ccc(-c3ncn(-c4ccc(OC(F)(F)F)cc4)n3)cc2)c1. The highest BCUT2D eigenvalue weighted by Crippen LogP contribution is 2.28. The summed E-state index contributed by atoms with van der Waals surface area (Å²) in [5.74, 6) is 0.658. The number of ether oxygens (including phenoxy) is 1. The third-order valence-corrected chi connectivity index (χ3v) is 7.62. The number of nitrogens with one attached hydrogen (secondary N) is 3. The first-order chi connectivity index (χ1) is 21.1. The average molecular weight is 627 g/mol. The number of alkyl halides is 3. The van der Waals surface area contributed by atoms with Crippen LogP contribution in [0.25, 0.3) is 17.1 Å². The van der Waals surface area contributed by atoms with Crippen LogP contribution in [0.15, 0.2) is 78.0 Å². The zero-order valence-electron chi connectivity index (χ0n) is 24.9. The summed E-state index contributed by atoms with van der Waals surface area (Å²) in [7, 11) is 0. The van der Waals surface area contributed by atoms with Gasteiger partial charge in [0, 0.05) is 30.1 Å². The molecule has 4 rings (SSSR count). The van der Waals surface area contributed by atoms with Crippen LogP contribution in [0.3, 0.4) is 0 Å². The molecule has 3 N–H and O–H groups in total. The van der Waals surface area contributed by atoms with E-state index in [9.17, 15) is 18.0 Å². The van der Waals surface area contributed by atoms with E-state index in [2.05, 4.69) is 69.1 Å². The monoisotopic (exact) mass is 626 g/mol. The lowest BCUT2D eigenvalue weighted by Crippen LogP contribution is -2.38. The van der Waals surface area contributed by atoms with Gasteiger partial charge in [-0.3, -0.25) is 4.72 Å². The summed E-state index contributed by atoms with van der Waals surface area (Å²) in [6, 6.07) is 19.7. The summed E-state index contributed by atoms with van der Waals surface area (Å²) in [6.07, 6.45) is -0.577. The van der Waals surface area contributed by atoms with Crippen LogP contribution in [0.1, 0.15) is 49.3 Å². The van der Waals surface area contributed by atoms with Crippen molar-refractivity contribution in [2.75, 3.05) is 19.6 Å². The molecule has 0 fully saturated rings. The minimum atomic E-state index is -4.74. The first-order valence-electron chi connectivity index (χ1n) is 14.5. The van der Waals surface area contributed by atoms with Gasteiger partial charge in [-0.05, 0) is 91.1 Å². The maximum absolute atomic E-state index is 12.4. The number of urea groups is 1. The topological polar surface area (TPSA) is 93.1 Å². The number of amides is 2. The standard InChI is InChI=1S/C32H37F3N6O2S/c1-22(2)28-16-7-23(3)20-29(28)44-39-19-18-37-31(42)36-17-5-4-6-24-8-10-25(11-9-24)30-38-21-41(40-30)26-12-14-27(15-13-26)43-32(33,34)35/h7-16,20-22,39H,4-6,17-19H2,1-3H3,(H2,36,37,42). The molecule has 0 unspecified atom stereocenters. The van der Waals surface area contributed by atoms with Gasteiger partial charge in [-0.1, -0.05) is 50.2 Å². The highest BCUT2D eigenvalue weighted by molar-refractivity contribution is 7.97. The quantitative estimate of drug-likeness (QED) is 0.101. The van der Waals surface area contributed by atoms with Gasteiger partial charge in [0.15, 0.2) is 5.82 Å². The number of hydrogen-bond donors (Lipinski definition) is 3. The van der Waals surface area contributed by atoms with E-state index in [4.69, 9.17) is 0 Å². The number of benzene rings is 3. The number of carbonyl (C=O) groups is 1. The van der Waals surface area contributed by atoms with Gasteiger partial charge in [0.1, 0.15) is 12.1 Å². The molecule has 0 saturated carbocycles. The second kappa shape index (κ2) is 15.6. The fourth-order valence-corrected chi connectivity index (χ4v) is 5.45. The predicted molar refractivity (Wildman–Crippen MR) is 167 cm³/mol. The Kier molecular flexibility index (Phi) is 11.7. The highest BCUT2D eigenvalue weighted by Gasteiger charge is 2.31. The fourth-order valence-electron chi connectivity index (χ4n) is 4.42. The van der Waals surface area contributed by atoms with E-state index in [1.54, 1.807) is 11.9 Å². The number of hydrogen-bond acceptors (Lipinski definition) is 6. The first kappa shape index (κ1) is 32.9. The van der Waals surface area contributed by atoms with E-state index in [0.29, 0.717) is 37.1 Å². The van der Waals surface area contributed by atoms with Crippen LogP contribution in [-0.4, -0.2) is 46.8 Å². The Hall–Kier alpha value is -4.03. The fraction of sp³-hybridized carbons (Fsp3) is 0.344. The van der Waals surface area contributed by atoms with Crippen LogP contribution < -0.4 is 20.1 Å². The molecule has 12 heteroatoms.